The van der Waals surface area contributed by atoms with Crippen molar-refractivity contribution < 1.29 is 9.59 Å². The van der Waals surface area contributed by atoms with E-state index in [1.807, 2.05) is 18.2 Å². The van der Waals surface area contributed by atoms with Gasteiger partial charge in [0.1, 0.15) is 0 Å². The third kappa shape index (κ3) is 2.36. The summed E-state index contributed by atoms with van der Waals surface area (Å²) in [7, 11) is 0. The first-order valence-corrected chi connectivity index (χ1v) is 7.99. The zero-order valence-corrected chi connectivity index (χ0v) is 12.3. The summed E-state index contributed by atoms with van der Waals surface area (Å²) < 4.78 is 1.96. The van der Waals surface area contributed by atoms with Crippen LogP contribution in [0.15, 0.2) is 35.2 Å². The van der Waals surface area contributed by atoms with Gasteiger partial charge in [-0.05, 0) is 18.2 Å². The summed E-state index contributed by atoms with van der Waals surface area (Å²) in [4.78, 5) is 29.3. The second-order valence-electron chi connectivity index (χ2n) is 4.35. The molecule has 1 aromatic carbocycles. The Hall–Kier alpha value is -1.66. The fourth-order valence-electron chi connectivity index (χ4n) is 2.09. The first kappa shape index (κ1) is 13.3. The molecule has 6 heteroatoms. The second-order valence-corrected chi connectivity index (χ2v) is 6.65. The molecule has 0 bridgehead atoms. The van der Waals surface area contributed by atoms with Crippen LogP contribution in [0.3, 0.4) is 0 Å². The minimum Gasteiger partial charge on any atom is -0.274 e. The first-order valence-electron chi connectivity index (χ1n) is 6.19. The van der Waals surface area contributed by atoms with Gasteiger partial charge in [0, 0.05) is 18.6 Å². The Morgan fingerprint density at radius 1 is 1.35 bits per heavy atom. The third-order valence-corrected chi connectivity index (χ3v) is 5.14. The summed E-state index contributed by atoms with van der Waals surface area (Å²) in [6, 6.07) is 5.51. The zero-order valence-electron chi connectivity index (χ0n) is 10.7. The Morgan fingerprint density at radius 3 is 2.80 bits per heavy atom. The van der Waals surface area contributed by atoms with Gasteiger partial charge in [0.2, 0.25) is 11.8 Å². The number of thioether (sulfide) groups is 1. The highest BCUT2D eigenvalue weighted by Crippen LogP contribution is 2.33. The fraction of sp³-hybridized carbons (Fsp3) is 0.214. The molecule has 0 aliphatic carbocycles. The topological polar surface area (TPSA) is 50.3 Å². The minimum atomic E-state index is -0.125. The van der Waals surface area contributed by atoms with Crippen molar-refractivity contribution >= 4 is 50.8 Å². The fourth-order valence-corrected chi connectivity index (χ4v) is 3.95. The predicted molar refractivity (Wildman–Crippen MR) is 82.3 cm³/mol. The molecule has 0 unspecified atom stereocenters. The van der Waals surface area contributed by atoms with Gasteiger partial charge in [-0.15, -0.1) is 17.9 Å². The molecule has 0 spiro atoms. The molecular weight excluding hydrogens is 292 g/mol. The number of anilines is 1. The van der Waals surface area contributed by atoms with Crippen LogP contribution >= 0.6 is 23.1 Å². The number of amides is 2. The molecule has 1 aliphatic heterocycles. The van der Waals surface area contributed by atoms with Crippen LogP contribution in [0.1, 0.15) is 12.8 Å². The Balaban J connectivity index is 1.95. The summed E-state index contributed by atoms with van der Waals surface area (Å²) in [5.41, 5.74) is 1.54. The maximum absolute atomic E-state index is 11.7. The maximum Gasteiger partial charge on any atom is 0.234 e. The van der Waals surface area contributed by atoms with Crippen molar-refractivity contribution in [3.63, 3.8) is 0 Å². The molecular formula is C14H12N2O2S2. The Kier molecular flexibility index (Phi) is 3.58. The number of imide groups is 1. The molecule has 0 N–H and O–H groups in total. The molecule has 0 saturated carbocycles. The van der Waals surface area contributed by atoms with E-state index in [0.717, 1.165) is 20.3 Å². The van der Waals surface area contributed by atoms with Gasteiger partial charge in [-0.1, -0.05) is 17.8 Å². The van der Waals surface area contributed by atoms with Crippen molar-refractivity contribution in [2.24, 2.45) is 0 Å². The quantitative estimate of drug-likeness (QED) is 0.494. The van der Waals surface area contributed by atoms with E-state index in [-0.39, 0.29) is 11.8 Å². The molecule has 3 rings (SSSR count). The van der Waals surface area contributed by atoms with E-state index in [0.29, 0.717) is 18.5 Å². The van der Waals surface area contributed by atoms with Crippen molar-refractivity contribution in [2.75, 3.05) is 10.7 Å². The Bertz CT molecular complexity index is 692. The van der Waals surface area contributed by atoms with E-state index in [2.05, 4.69) is 11.6 Å². The molecule has 1 aromatic heterocycles. The zero-order chi connectivity index (χ0) is 14.1. The first-order chi connectivity index (χ1) is 9.69. The largest absolute Gasteiger partial charge is 0.274 e. The summed E-state index contributed by atoms with van der Waals surface area (Å²) in [6.45, 7) is 3.69. The number of nitrogens with zero attached hydrogens (tertiary/aromatic N) is 2. The van der Waals surface area contributed by atoms with Gasteiger partial charge in [0.25, 0.3) is 0 Å². The summed E-state index contributed by atoms with van der Waals surface area (Å²) in [5.74, 6) is 0.565. The van der Waals surface area contributed by atoms with Gasteiger partial charge >= 0.3 is 0 Å². The van der Waals surface area contributed by atoms with Gasteiger partial charge in [0.05, 0.1) is 15.9 Å². The average Bonchev–Trinajstić information content (AvgIpc) is 2.99. The van der Waals surface area contributed by atoms with Gasteiger partial charge in [0.15, 0.2) is 4.34 Å². The molecule has 102 valence electrons. The number of carbonyl (C=O) groups is 2. The number of carbonyl (C=O) groups excluding carboxylic acids is 2. The highest BCUT2D eigenvalue weighted by molar-refractivity contribution is 8.01. The van der Waals surface area contributed by atoms with Crippen LogP contribution < -0.4 is 4.90 Å². The van der Waals surface area contributed by atoms with Gasteiger partial charge in [-0.25, -0.2) is 4.98 Å². The lowest BCUT2D eigenvalue weighted by atomic mass is 10.3. The maximum atomic E-state index is 11.7. The smallest absolute Gasteiger partial charge is 0.234 e. The van der Waals surface area contributed by atoms with Gasteiger partial charge < -0.3 is 0 Å². The number of hydrogen-bond donors (Lipinski definition) is 0. The van der Waals surface area contributed by atoms with E-state index in [1.54, 1.807) is 29.2 Å². The number of rotatable bonds is 4. The molecule has 1 fully saturated rings. The third-order valence-electron chi connectivity index (χ3n) is 2.99. The van der Waals surface area contributed by atoms with Crippen LogP contribution in [-0.4, -0.2) is 22.6 Å². The summed E-state index contributed by atoms with van der Waals surface area (Å²) in [6.07, 6.45) is 2.45. The number of aromatic nitrogens is 1. The molecule has 2 aromatic rings. The molecule has 1 saturated heterocycles. The molecule has 0 atom stereocenters. The number of hydrogen-bond acceptors (Lipinski definition) is 5. The van der Waals surface area contributed by atoms with Gasteiger partial charge in [-0.2, -0.15) is 0 Å². The number of thiazole rings is 1. The van der Waals surface area contributed by atoms with E-state index < -0.39 is 0 Å². The van der Waals surface area contributed by atoms with Crippen molar-refractivity contribution in [1.82, 2.24) is 4.98 Å². The highest BCUT2D eigenvalue weighted by Gasteiger charge is 2.30. The average molecular weight is 304 g/mol. The molecule has 2 amide bonds. The van der Waals surface area contributed by atoms with E-state index in [1.165, 1.54) is 4.90 Å². The summed E-state index contributed by atoms with van der Waals surface area (Å²) >= 11 is 3.19. The lowest BCUT2D eigenvalue weighted by Crippen LogP contribution is -2.28. The number of fused-ring (bicyclic) bond motifs is 1. The standard InChI is InChI=1S/C14H12N2O2S2/c1-2-7-19-14-15-10-4-3-9(8-11(10)20-14)16-12(17)5-6-13(16)18/h2-4,8H,1,5-7H2. The van der Waals surface area contributed by atoms with Gasteiger partial charge in [-0.3, -0.25) is 14.5 Å². The Labute approximate surface area is 124 Å². The number of benzene rings is 1. The molecule has 2 heterocycles. The van der Waals surface area contributed by atoms with Crippen LogP contribution in [-0.2, 0) is 9.59 Å². The van der Waals surface area contributed by atoms with Crippen molar-refractivity contribution in [2.45, 2.75) is 17.2 Å². The highest BCUT2D eigenvalue weighted by atomic mass is 32.2. The predicted octanol–water partition coefficient (Wildman–Crippen LogP) is 3.23. The lowest BCUT2D eigenvalue weighted by molar-refractivity contribution is -0.121. The van der Waals surface area contributed by atoms with Crippen LogP contribution in [0, 0.1) is 0 Å². The van der Waals surface area contributed by atoms with E-state index in [4.69, 9.17) is 0 Å². The monoisotopic (exact) mass is 304 g/mol. The molecule has 20 heavy (non-hydrogen) atoms. The molecule has 1 aliphatic rings. The van der Waals surface area contributed by atoms with E-state index in [9.17, 15) is 9.59 Å². The van der Waals surface area contributed by atoms with Crippen molar-refractivity contribution in [3.8, 4) is 0 Å². The lowest BCUT2D eigenvalue weighted by Gasteiger charge is -2.13. The van der Waals surface area contributed by atoms with E-state index >= 15 is 0 Å². The molecule has 0 radical (unpaired) electrons. The Morgan fingerprint density at radius 2 is 2.10 bits per heavy atom. The SMILES string of the molecule is C=CCSc1nc2ccc(N3C(=O)CCC3=O)cc2s1. The van der Waals surface area contributed by atoms with Crippen LogP contribution in [0.25, 0.3) is 10.2 Å². The van der Waals surface area contributed by atoms with Crippen LogP contribution in [0.5, 0.6) is 0 Å². The normalized spacial score (nSPS) is 15.3. The van der Waals surface area contributed by atoms with Crippen LogP contribution in [0.4, 0.5) is 5.69 Å². The summed E-state index contributed by atoms with van der Waals surface area (Å²) in [5, 5.41) is 0. The van der Waals surface area contributed by atoms with Crippen LogP contribution in [0.2, 0.25) is 0 Å². The minimum absolute atomic E-state index is 0.125. The molecule has 4 nitrogen and oxygen atoms in total. The second kappa shape index (κ2) is 5.38. The van der Waals surface area contributed by atoms with Crippen molar-refractivity contribution in [1.29, 1.82) is 0 Å². The van der Waals surface area contributed by atoms with Crippen molar-refractivity contribution in [3.05, 3.63) is 30.9 Å².